The fourth-order valence-corrected chi connectivity index (χ4v) is 3.98. The van der Waals surface area contributed by atoms with Gasteiger partial charge in [0.2, 0.25) is 5.91 Å². The van der Waals surface area contributed by atoms with Gasteiger partial charge in [0.15, 0.2) is 6.61 Å². The maximum atomic E-state index is 12.1. The van der Waals surface area contributed by atoms with Crippen LogP contribution in [0.3, 0.4) is 0 Å². The summed E-state index contributed by atoms with van der Waals surface area (Å²) in [7, 11) is 1.41. The van der Waals surface area contributed by atoms with Crippen molar-refractivity contribution in [2.24, 2.45) is 0 Å². The van der Waals surface area contributed by atoms with E-state index in [2.05, 4.69) is 29.6 Å². The Morgan fingerprint density at radius 2 is 1.55 bits per heavy atom. The molecule has 2 aromatic carbocycles. The van der Waals surface area contributed by atoms with E-state index < -0.39 is 18.7 Å². The molecule has 0 saturated carbocycles. The van der Waals surface area contributed by atoms with E-state index in [1.165, 1.54) is 29.3 Å². The topological polar surface area (TPSA) is 105 Å². The molecule has 0 bridgehead atoms. The number of hydrogen-bond donors (Lipinski definition) is 2. The zero-order valence-corrected chi connectivity index (χ0v) is 18.8. The summed E-state index contributed by atoms with van der Waals surface area (Å²) in [4.78, 5) is 39.2. The number of amides is 2. The first-order chi connectivity index (χ1) is 16.0. The third-order valence-corrected chi connectivity index (χ3v) is 5.66. The number of carbonyl (C=O) groups is 3. The van der Waals surface area contributed by atoms with Crippen molar-refractivity contribution in [3.63, 3.8) is 0 Å². The Hall–Kier alpha value is -3.39. The molecule has 8 nitrogen and oxygen atoms in total. The first-order valence-electron chi connectivity index (χ1n) is 11.2. The number of carboxylic acids is 1. The van der Waals surface area contributed by atoms with Gasteiger partial charge in [-0.2, -0.15) is 0 Å². The van der Waals surface area contributed by atoms with Crippen molar-refractivity contribution in [2.45, 2.75) is 38.0 Å². The Labute approximate surface area is 193 Å². The van der Waals surface area contributed by atoms with Gasteiger partial charge in [-0.15, -0.1) is 0 Å². The number of fused-ring (bicyclic) bond motifs is 3. The highest BCUT2D eigenvalue weighted by molar-refractivity contribution is 5.79. The van der Waals surface area contributed by atoms with E-state index >= 15 is 0 Å². The third kappa shape index (κ3) is 6.79. The number of ether oxygens (including phenoxy) is 1. The highest BCUT2D eigenvalue weighted by atomic mass is 16.7. The molecule has 0 aliphatic heterocycles. The van der Waals surface area contributed by atoms with E-state index in [-0.39, 0.29) is 18.2 Å². The minimum Gasteiger partial charge on any atom is -0.479 e. The van der Waals surface area contributed by atoms with Crippen molar-refractivity contribution < 1.29 is 29.1 Å². The van der Waals surface area contributed by atoms with E-state index in [9.17, 15) is 14.4 Å². The maximum absolute atomic E-state index is 12.1. The number of carboxylic acid groups (broad SMARTS) is 1. The molecule has 2 aromatic rings. The first kappa shape index (κ1) is 24.3. The van der Waals surface area contributed by atoms with Crippen LogP contribution >= 0.6 is 0 Å². The summed E-state index contributed by atoms with van der Waals surface area (Å²) >= 11 is 0. The number of carbonyl (C=O) groups excluding carboxylic acids is 2. The van der Waals surface area contributed by atoms with Crippen LogP contribution in [0.2, 0.25) is 0 Å². The maximum Gasteiger partial charge on any atom is 0.407 e. The van der Waals surface area contributed by atoms with Crippen LogP contribution in [-0.4, -0.2) is 54.9 Å². The van der Waals surface area contributed by atoms with Crippen LogP contribution in [-0.2, 0) is 19.2 Å². The molecule has 0 spiro atoms. The SMILES string of the molecule is CN(OCC(=O)O)C(=O)CCCCCCNC(=O)OCC1c2ccccc2-c2ccccc21. The van der Waals surface area contributed by atoms with Gasteiger partial charge in [0.1, 0.15) is 6.61 Å². The Kier molecular flexibility index (Phi) is 8.83. The number of aliphatic carboxylic acids is 1. The monoisotopic (exact) mass is 454 g/mol. The number of hydrogen-bond acceptors (Lipinski definition) is 5. The van der Waals surface area contributed by atoms with Gasteiger partial charge >= 0.3 is 12.1 Å². The lowest BCUT2D eigenvalue weighted by molar-refractivity contribution is -0.185. The van der Waals surface area contributed by atoms with E-state index in [4.69, 9.17) is 14.7 Å². The van der Waals surface area contributed by atoms with Crippen LogP contribution in [0, 0.1) is 0 Å². The Balaban J connectivity index is 1.30. The van der Waals surface area contributed by atoms with E-state index in [1.807, 2.05) is 24.3 Å². The van der Waals surface area contributed by atoms with Crippen LogP contribution in [0.15, 0.2) is 48.5 Å². The predicted octanol–water partition coefficient (Wildman–Crippen LogP) is 3.95. The Morgan fingerprint density at radius 1 is 0.939 bits per heavy atom. The molecule has 8 heteroatoms. The number of benzene rings is 2. The van der Waals surface area contributed by atoms with Crippen molar-refractivity contribution in [2.75, 3.05) is 26.8 Å². The molecule has 0 fully saturated rings. The van der Waals surface area contributed by atoms with Gasteiger partial charge in [0.05, 0.1) is 0 Å². The molecule has 2 amide bonds. The highest BCUT2D eigenvalue weighted by Crippen LogP contribution is 2.44. The second-order valence-corrected chi connectivity index (χ2v) is 7.97. The van der Waals surface area contributed by atoms with Gasteiger partial charge in [-0.3, -0.25) is 9.63 Å². The zero-order chi connectivity index (χ0) is 23.6. The lowest BCUT2D eigenvalue weighted by atomic mass is 9.98. The van der Waals surface area contributed by atoms with Crippen LogP contribution in [0.4, 0.5) is 4.79 Å². The number of hydroxylamine groups is 2. The van der Waals surface area contributed by atoms with Crippen molar-refractivity contribution in [1.29, 1.82) is 0 Å². The standard InChI is InChI=1S/C25H30N2O6/c1-27(33-17-24(29)30)23(28)14-4-2-3-9-15-26-25(31)32-16-22-20-12-7-5-10-18(20)19-11-6-8-13-21(19)22/h5-8,10-13,22H,2-4,9,14-17H2,1H3,(H,26,31)(H,29,30). The fraction of sp³-hybridized carbons (Fsp3) is 0.400. The zero-order valence-electron chi connectivity index (χ0n) is 18.8. The van der Waals surface area contributed by atoms with Gasteiger partial charge in [0.25, 0.3) is 0 Å². The van der Waals surface area contributed by atoms with Gasteiger partial charge in [-0.1, -0.05) is 61.4 Å². The quantitative estimate of drug-likeness (QED) is 0.372. The minimum atomic E-state index is -1.13. The summed E-state index contributed by atoms with van der Waals surface area (Å²) in [6, 6.07) is 16.4. The summed E-state index contributed by atoms with van der Waals surface area (Å²) in [6.07, 6.45) is 3.00. The van der Waals surface area contributed by atoms with Gasteiger partial charge < -0.3 is 15.2 Å². The van der Waals surface area contributed by atoms with Gasteiger partial charge in [-0.25, -0.2) is 14.7 Å². The van der Waals surface area contributed by atoms with Crippen LogP contribution in [0.1, 0.15) is 49.1 Å². The lowest BCUT2D eigenvalue weighted by Crippen LogP contribution is -2.29. The molecule has 0 atom stereocenters. The minimum absolute atomic E-state index is 0.0401. The number of nitrogens with zero attached hydrogens (tertiary/aromatic N) is 1. The highest BCUT2D eigenvalue weighted by Gasteiger charge is 2.28. The molecular formula is C25H30N2O6. The molecule has 1 aliphatic rings. The average molecular weight is 455 g/mol. The number of unbranched alkanes of at least 4 members (excludes halogenated alkanes) is 3. The summed E-state index contributed by atoms with van der Waals surface area (Å²) < 4.78 is 5.51. The first-order valence-corrected chi connectivity index (χ1v) is 11.2. The second kappa shape index (κ2) is 12.0. The number of nitrogens with one attached hydrogen (secondary N) is 1. The number of alkyl carbamates (subject to hydrolysis) is 1. The second-order valence-electron chi connectivity index (χ2n) is 7.97. The van der Waals surface area contributed by atoms with Gasteiger partial charge in [-0.05, 0) is 35.1 Å². The van der Waals surface area contributed by atoms with Crippen molar-refractivity contribution in [1.82, 2.24) is 10.4 Å². The average Bonchev–Trinajstić information content (AvgIpc) is 3.14. The van der Waals surface area contributed by atoms with Crippen LogP contribution in [0.25, 0.3) is 11.1 Å². The fourth-order valence-electron chi connectivity index (χ4n) is 3.98. The summed E-state index contributed by atoms with van der Waals surface area (Å²) in [5.41, 5.74) is 4.75. The molecule has 0 aromatic heterocycles. The summed E-state index contributed by atoms with van der Waals surface area (Å²) in [5, 5.41) is 12.3. The molecule has 2 N–H and O–H groups in total. The smallest absolute Gasteiger partial charge is 0.407 e. The largest absolute Gasteiger partial charge is 0.479 e. The van der Waals surface area contributed by atoms with Crippen molar-refractivity contribution >= 4 is 18.0 Å². The molecule has 0 unspecified atom stereocenters. The molecule has 0 radical (unpaired) electrons. The van der Waals surface area contributed by atoms with Crippen LogP contribution < -0.4 is 5.32 Å². The van der Waals surface area contributed by atoms with E-state index in [0.29, 0.717) is 19.6 Å². The normalized spacial score (nSPS) is 12.0. The number of rotatable bonds is 12. The Bertz CT molecular complexity index is 931. The molecule has 176 valence electrons. The third-order valence-electron chi connectivity index (χ3n) is 5.66. The van der Waals surface area contributed by atoms with E-state index in [0.717, 1.165) is 24.3 Å². The molecule has 33 heavy (non-hydrogen) atoms. The summed E-state index contributed by atoms with van der Waals surface area (Å²) in [6.45, 7) is 0.259. The van der Waals surface area contributed by atoms with Gasteiger partial charge in [0, 0.05) is 25.9 Å². The summed E-state index contributed by atoms with van der Waals surface area (Å²) in [5.74, 6) is -1.34. The lowest BCUT2D eigenvalue weighted by Gasteiger charge is -2.15. The Morgan fingerprint density at radius 3 is 2.18 bits per heavy atom. The van der Waals surface area contributed by atoms with Crippen molar-refractivity contribution in [3.8, 4) is 11.1 Å². The molecule has 1 aliphatic carbocycles. The molecular weight excluding hydrogens is 424 g/mol. The van der Waals surface area contributed by atoms with Crippen molar-refractivity contribution in [3.05, 3.63) is 59.7 Å². The predicted molar refractivity (Wildman–Crippen MR) is 123 cm³/mol. The van der Waals surface area contributed by atoms with E-state index in [1.54, 1.807) is 0 Å². The molecule has 0 saturated heterocycles. The van der Waals surface area contributed by atoms with Crippen LogP contribution in [0.5, 0.6) is 0 Å². The molecule has 3 rings (SSSR count). The molecule has 0 heterocycles.